The van der Waals surface area contributed by atoms with Gasteiger partial charge in [-0.25, -0.2) is 4.98 Å². The Morgan fingerprint density at radius 3 is 2.82 bits per heavy atom. The standard InChI is InChI=1S/C17H25N3OS/c1-4-5-10-18-17-19-15-14(16(21)20(17)11(2)3)12-8-6-7-9-13(12)22-15/h11H,4-10H2,1-3H3,(H,18,19). The van der Waals surface area contributed by atoms with Crippen LogP contribution in [-0.4, -0.2) is 16.1 Å². The van der Waals surface area contributed by atoms with E-state index in [0.29, 0.717) is 0 Å². The zero-order chi connectivity index (χ0) is 15.7. The molecule has 3 rings (SSSR count). The minimum atomic E-state index is 0.118. The highest BCUT2D eigenvalue weighted by Crippen LogP contribution is 2.34. The predicted octanol–water partition coefficient (Wildman–Crippen LogP) is 4.13. The van der Waals surface area contributed by atoms with Crippen molar-refractivity contribution in [1.29, 1.82) is 0 Å². The summed E-state index contributed by atoms with van der Waals surface area (Å²) in [4.78, 5) is 20.2. The van der Waals surface area contributed by atoms with E-state index in [-0.39, 0.29) is 11.6 Å². The minimum Gasteiger partial charge on any atom is -0.356 e. The summed E-state index contributed by atoms with van der Waals surface area (Å²) < 4.78 is 1.83. The molecule has 1 N–H and O–H groups in total. The molecular formula is C17H25N3OS. The van der Waals surface area contributed by atoms with Crippen LogP contribution < -0.4 is 10.9 Å². The summed E-state index contributed by atoms with van der Waals surface area (Å²) in [6, 6.07) is 0.118. The van der Waals surface area contributed by atoms with Gasteiger partial charge in [0.25, 0.3) is 5.56 Å². The Kier molecular flexibility index (Phi) is 4.52. The van der Waals surface area contributed by atoms with Crippen LogP contribution in [0.3, 0.4) is 0 Å². The first-order valence-electron chi connectivity index (χ1n) is 8.44. The molecule has 1 aliphatic rings. The van der Waals surface area contributed by atoms with Crippen molar-refractivity contribution in [3.8, 4) is 0 Å². The first kappa shape index (κ1) is 15.5. The van der Waals surface area contributed by atoms with E-state index in [1.54, 1.807) is 11.3 Å². The molecule has 0 aliphatic heterocycles. The number of nitrogens with zero attached hydrogens (tertiary/aromatic N) is 2. The third kappa shape index (κ3) is 2.67. The smallest absolute Gasteiger partial charge is 0.264 e. The molecule has 2 aromatic rings. The molecule has 0 aromatic carbocycles. The summed E-state index contributed by atoms with van der Waals surface area (Å²) in [7, 11) is 0. The Balaban J connectivity index is 2.15. The van der Waals surface area contributed by atoms with Crippen molar-refractivity contribution in [3.05, 3.63) is 20.8 Å². The van der Waals surface area contributed by atoms with Gasteiger partial charge < -0.3 is 5.32 Å². The van der Waals surface area contributed by atoms with Crippen molar-refractivity contribution < 1.29 is 0 Å². The van der Waals surface area contributed by atoms with Crippen LogP contribution in [0.2, 0.25) is 0 Å². The van der Waals surface area contributed by atoms with Crippen molar-refractivity contribution in [2.75, 3.05) is 11.9 Å². The van der Waals surface area contributed by atoms with Crippen LogP contribution in [-0.2, 0) is 12.8 Å². The SMILES string of the molecule is CCCCNc1nc2sc3c(c2c(=O)n1C(C)C)CCCC3. The van der Waals surface area contributed by atoms with Gasteiger partial charge >= 0.3 is 0 Å². The van der Waals surface area contributed by atoms with Gasteiger partial charge in [0.2, 0.25) is 5.95 Å². The molecule has 5 heteroatoms. The number of anilines is 1. The second kappa shape index (κ2) is 6.41. The van der Waals surface area contributed by atoms with Gasteiger partial charge in [0.1, 0.15) is 4.83 Å². The van der Waals surface area contributed by atoms with Crippen molar-refractivity contribution in [1.82, 2.24) is 9.55 Å². The van der Waals surface area contributed by atoms with Crippen LogP contribution in [0.15, 0.2) is 4.79 Å². The Labute approximate surface area is 135 Å². The molecule has 120 valence electrons. The molecule has 1 aliphatic carbocycles. The van der Waals surface area contributed by atoms with E-state index in [9.17, 15) is 4.79 Å². The van der Waals surface area contributed by atoms with Crippen molar-refractivity contribution in [3.63, 3.8) is 0 Å². The molecular weight excluding hydrogens is 294 g/mol. The average Bonchev–Trinajstić information content (AvgIpc) is 2.85. The van der Waals surface area contributed by atoms with Crippen LogP contribution in [0.25, 0.3) is 10.2 Å². The molecule has 0 saturated heterocycles. The van der Waals surface area contributed by atoms with E-state index in [2.05, 4.69) is 26.1 Å². The maximum absolute atomic E-state index is 13.0. The number of aryl methyl sites for hydroxylation is 2. The molecule has 0 bridgehead atoms. The van der Waals surface area contributed by atoms with E-state index in [0.717, 1.165) is 48.4 Å². The lowest BCUT2D eigenvalue weighted by Crippen LogP contribution is -2.27. The van der Waals surface area contributed by atoms with Gasteiger partial charge in [-0.3, -0.25) is 9.36 Å². The van der Waals surface area contributed by atoms with E-state index < -0.39 is 0 Å². The second-order valence-electron chi connectivity index (χ2n) is 6.38. The highest BCUT2D eigenvalue weighted by Gasteiger charge is 2.22. The number of hydrogen-bond donors (Lipinski definition) is 1. The Morgan fingerprint density at radius 1 is 1.32 bits per heavy atom. The lowest BCUT2D eigenvalue weighted by atomic mass is 9.97. The number of hydrogen-bond acceptors (Lipinski definition) is 4. The zero-order valence-corrected chi connectivity index (χ0v) is 14.6. The highest BCUT2D eigenvalue weighted by atomic mass is 32.1. The first-order chi connectivity index (χ1) is 10.6. The van der Waals surface area contributed by atoms with Gasteiger partial charge in [-0.1, -0.05) is 13.3 Å². The first-order valence-corrected chi connectivity index (χ1v) is 9.25. The van der Waals surface area contributed by atoms with Gasteiger partial charge in [-0.15, -0.1) is 11.3 Å². The maximum atomic E-state index is 13.0. The molecule has 2 aromatic heterocycles. The number of thiophene rings is 1. The van der Waals surface area contributed by atoms with Crippen molar-refractivity contribution >= 4 is 27.5 Å². The van der Waals surface area contributed by atoms with E-state index in [1.165, 1.54) is 23.3 Å². The summed E-state index contributed by atoms with van der Waals surface area (Å²) in [6.07, 6.45) is 6.79. The van der Waals surface area contributed by atoms with Crippen LogP contribution >= 0.6 is 11.3 Å². The molecule has 0 atom stereocenters. The third-order valence-electron chi connectivity index (χ3n) is 4.35. The van der Waals surface area contributed by atoms with Crippen molar-refractivity contribution in [2.24, 2.45) is 0 Å². The number of nitrogens with one attached hydrogen (secondary N) is 1. The topological polar surface area (TPSA) is 46.9 Å². The molecule has 4 nitrogen and oxygen atoms in total. The average molecular weight is 319 g/mol. The van der Waals surface area contributed by atoms with Gasteiger partial charge in [-0.2, -0.15) is 0 Å². The van der Waals surface area contributed by atoms with E-state index in [1.807, 2.05) is 4.57 Å². The fourth-order valence-corrected chi connectivity index (χ4v) is 4.45. The monoisotopic (exact) mass is 319 g/mol. The normalized spacial score (nSPS) is 14.5. The molecule has 0 spiro atoms. The minimum absolute atomic E-state index is 0.118. The summed E-state index contributed by atoms with van der Waals surface area (Å²) in [5.74, 6) is 0.736. The third-order valence-corrected chi connectivity index (χ3v) is 5.54. The van der Waals surface area contributed by atoms with Crippen LogP contribution in [0.1, 0.15) is 62.9 Å². The molecule has 22 heavy (non-hydrogen) atoms. The molecule has 2 heterocycles. The van der Waals surface area contributed by atoms with E-state index in [4.69, 9.17) is 4.98 Å². The maximum Gasteiger partial charge on any atom is 0.264 e. The Bertz CT molecular complexity index is 730. The lowest BCUT2D eigenvalue weighted by Gasteiger charge is -2.17. The quantitative estimate of drug-likeness (QED) is 0.843. The van der Waals surface area contributed by atoms with Crippen LogP contribution in [0.4, 0.5) is 5.95 Å². The lowest BCUT2D eigenvalue weighted by molar-refractivity contribution is 0.578. The van der Waals surface area contributed by atoms with Gasteiger partial charge in [0, 0.05) is 17.5 Å². The summed E-state index contributed by atoms with van der Waals surface area (Å²) in [5, 5.41) is 4.25. The van der Waals surface area contributed by atoms with Gasteiger partial charge in [0.15, 0.2) is 0 Å². The van der Waals surface area contributed by atoms with Crippen LogP contribution in [0.5, 0.6) is 0 Å². The molecule has 0 amide bonds. The van der Waals surface area contributed by atoms with Crippen LogP contribution in [0, 0.1) is 0 Å². The van der Waals surface area contributed by atoms with Gasteiger partial charge in [0.05, 0.1) is 5.39 Å². The number of rotatable bonds is 5. The Hall–Kier alpha value is -1.36. The molecule has 0 radical (unpaired) electrons. The van der Waals surface area contributed by atoms with Gasteiger partial charge in [-0.05, 0) is 51.5 Å². The largest absolute Gasteiger partial charge is 0.356 e. The summed E-state index contributed by atoms with van der Waals surface area (Å²) >= 11 is 1.72. The molecule has 0 saturated carbocycles. The summed E-state index contributed by atoms with van der Waals surface area (Å²) in [5.41, 5.74) is 1.41. The van der Waals surface area contributed by atoms with Crippen molar-refractivity contribution in [2.45, 2.75) is 65.3 Å². The Morgan fingerprint density at radius 2 is 2.09 bits per heavy atom. The predicted molar refractivity (Wildman–Crippen MR) is 94.3 cm³/mol. The second-order valence-corrected chi connectivity index (χ2v) is 7.46. The number of unbranched alkanes of at least 4 members (excludes halogenated alkanes) is 1. The zero-order valence-electron chi connectivity index (χ0n) is 13.7. The number of aromatic nitrogens is 2. The fourth-order valence-electron chi connectivity index (χ4n) is 3.20. The molecule has 0 fully saturated rings. The molecule has 0 unspecified atom stereocenters. The number of fused-ring (bicyclic) bond motifs is 3. The fraction of sp³-hybridized carbons (Fsp3) is 0.647. The summed E-state index contributed by atoms with van der Waals surface area (Å²) in [6.45, 7) is 7.14. The van der Waals surface area contributed by atoms with E-state index >= 15 is 0 Å². The highest BCUT2D eigenvalue weighted by molar-refractivity contribution is 7.18.